The fourth-order valence-electron chi connectivity index (χ4n) is 3.21. The lowest BCUT2D eigenvalue weighted by Gasteiger charge is -2.26. The zero-order chi connectivity index (χ0) is 25.1. The number of nitrogens with zero attached hydrogens (tertiary/aromatic N) is 1. The second-order valence-electron chi connectivity index (χ2n) is 8.13. The highest BCUT2D eigenvalue weighted by Gasteiger charge is 2.53. The summed E-state index contributed by atoms with van der Waals surface area (Å²) in [5, 5.41) is 34.4. The van der Waals surface area contributed by atoms with Gasteiger partial charge in [0.1, 0.15) is 5.54 Å². The number of aliphatic carboxylic acids is 2. The highest BCUT2D eigenvalue weighted by Crippen LogP contribution is 2.37. The summed E-state index contributed by atoms with van der Waals surface area (Å²) in [4.78, 5) is 20.5. The Balaban J connectivity index is 0.000000633. The summed E-state index contributed by atoms with van der Waals surface area (Å²) in [6.07, 6.45) is -2.93. The van der Waals surface area contributed by atoms with E-state index in [0.29, 0.717) is 6.42 Å². The third kappa shape index (κ3) is 7.53. The van der Waals surface area contributed by atoms with E-state index in [0.717, 1.165) is 17.1 Å². The Labute approximate surface area is 183 Å². The molecule has 2 aliphatic rings. The van der Waals surface area contributed by atoms with Gasteiger partial charge in [-0.15, -0.1) is 0 Å². The van der Waals surface area contributed by atoms with Crippen LogP contribution in [0.3, 0.4) is 0 Å². The van der Waals surface area contributed by atoms with E-state index in [1.54, 1.807) is 6.92 Å². The van der Waals surface area contributed by atoms with Crippen molar-refractivity contribution in [2.24, 2.45) is 17.4 Å². The van der Waals surface area contributed by atoms with Crippen LogP contribution in [0.2, 0.25) is 6.32 Å². The van der Waals surface area contributed by atoms with Gasteiger partial charge in [-0.2, -0.15) is 30.6 Å². The molecule has 1 unspecified atom stereocenters. The Morgan fingerprint density at radius 3 is 2.12 bits per heavy atom. The average Bonchev–Trinajstić information content (AvgIpc) is 3.27. The number of rotatable bonds is 9. The van der Waals surface area contributed by atoms with Crippen LogP contribution in [0.1, 0.15) is 32.6 Å². The van der Waals surface area contributed by atoms with Gasteiger partial charge in [-0.25, -0.2) is 4.79 Å². The summed E-state index contributed by atoms with van der Waals surface area (Å²) in [5.74, 6) is -4.65. The van der Waals surface area contributed by atoms with Gasteiger partial charge in [0.2, 0.25) is 0 Å². The normalized spacial score (nSPS) is 26.1. The number of carboxylic acid groups (broad SMARTS) is 2. The maximum Gasteiger partial charge on any atom is 0.490 e. The van der Waals surface area contributed by atoms with Gasteiger partial charge >= 0.3 is 25.2 Å². The Morgan fingerprint density at radius 1 is 1.25 bits per heavy atom. The molecule has 2 rings (SSSR count). The van der Waals surface area contributed by atoms with Crippen LogP contribution < -0.4 is 16.2 Å². The number of hydrogen-bond donors (Lipinski definition) is 7. The highest BCUT2D eigenvalue weighted by molar-refractivity contribution is 7.87. The van der Waals surface area contributed by atoms with E-state index in [4.69, 9.17) is 31.4 Å². The molecular weight excluding hydrogens is 464 g/mol. The molecule has 3 atom stereocenters. The molecule has 0 aromatic heterocycles. The molecule has 2 fully saturated rings. The minimum absolute atomic E-state index is 0.0377. The Morgan fingerprint density at radius 2 is 1.75 bits per heavy atom. The molecule has 1 heterocycles. The largest absolute Gasteiger partial charge is 0.490 e. The highest BCUT2D eigenvalue weighted by atomic mass is 32.2. The molecule has 1 aliphatic heterocycles. The monoisotopic (exact) mass is 492 g/mol. The van der Waals surface area contributed by atoms with Gasteiger partial charge < -0.3 is 31.7 Å². The molecule has 1 saturated heterocycles. The maximum atomic E-state index is 12.6. The summed E-state index contributed by atoms with van der Waals surface area (Å²) in [5.41, 5.74) is 9.75. The summed E-state index contributed by atoms with van der Waals surface area (Å²) in [6, 6.07) is -0.460. The molecule has 9 N–H and O–H groups in total. The first-order chi connectivity index (χ1) is 14.3. The summed E-state index contributed by atoms with van der Waals surface area (Å²) >= 11 is 0. The fraction of sp³-hybridized carbons (Fsp3) is 0.867. The molecule has 12 nitrogen and oxygen atoms in total. The van der Waals surface area contributed by atoms with Crippen molar-refractivity contribution in [1.29, 1.82) is 0 Å². The van der Waals surface area contributed by atoms with Crippen LogP contribution in [-0.2, 0) is 19.8 Å². The molecule has 32 heavy (non-hydrogen) atoms. The first kappa shape index (κ1) is 28.5. The van der Waals surface area contributed by atoms with E-state index in [1.165, 1.54) is 0 Å². The zero-order valence-corrected chi connectivity index (χ0v) is 18.1. The minimum atomic E-state index is -5.08. The third-order valence-electron chi connectivity index (χ3n) is 5.60. The quantitative estimate of drug-likeness (QED) is 0.181. The van der Waals surface area contributed by atoms with Gasteiger partial charge in [0.25, 0.3) is 10.2 Å². The van der Waals surface area contributed by atoms with Crippen molar-refractivity contribution in [2.75, 3.05) is 13.1 Å². The summed E-state index contributed by atoms with van der Waals surface area (Å²) in [7, 11) is -5.41. The molecule has 17 heteroatoms. The predicted molar refractivity (Wildman–Crippen MR) is 105 cm³/mol. The molecule has 0 bridgehead atoms. The van der Waals surface area contributed by atoms with Crippen molar-refractivity contribution < 1.29 is 51.4 Å². The lowest BCUT2D eigenvalue weighted by Crippen LogP contribution is -2.56. The molecule has 0 amide bonds. The van der Waals surface area contributed by atoms with Crippen LogP contribution in [0.25, 0.3) is 0 Å². The number of carbonyl (C=O) groups is 2. The van der Waals surface area contributed by atoms with Crippen LogP contribution in [0.4, 0.5) is 13.2 Å². The Kier molecular flexibility index (Phi) is 9.09. The van der Waals surface area contributed by atoms with Gasteiger partial charge in [0, 0.05) is 30.6 Å². The number of carboxylic acids is 2. The Hall–Kier alpha value is -1.50. The second-order valence-corrected chi connectivity index (χ2v) is 9.83. The van der Waals surface area contributed by atoms with E-state index in [-0.39, 0.29) is 25.8 Å². The van der Waals surface area contributed by atoms with E-state index >= 15 is 0 Å². The van der Waals surface area contributed by atoms with Crippen LogP contribution in [0.5, 0.6) is 0 Å². The van der Waals surface area contributed by atoms with Crippen molar-refractivity contribution in [1.82, 2.24) is 9.03 Å². The lowest BCUT2D eigenvalue weighted by molar-refractivity contribution is -0.192. The molecular formula is C15H28BF3N4O8S. The molecule has 0 spiro atoms. The number of alkyl halides is 3. The van der Waals surface area contributed by atoms with Crippen molar-refractivity contribution in [3.63, 3.8) is 0 Å². The van der Waals surface area contributed by atoms with Crippen molar-refractivity contribution in [2.45, 2.75) is 62.2 Å². The van der Waals surface area contributed by atoms with E-state index in [1.807, 2.05) is 0 Å². The standard InChI is InChI=1S/C13H27BN4O6S.C2HF3O2/c1-9(12(15)4-5-12)17-25(23,24)18-7-10(3-2-6-14(21)22)13(16,8-18)11(19)20;3-2(4,5)1(6)7/h9-10,17,21-22H,2-8,15-16H2,1H3,(H,19,20);(H,6,7)/t9?,10-,13-;/m0./s1. The summed E-state index contributed by atoms with van der Waals surface area (Å²) < 4.78 is 60.5. The van der Waals surface area contributed by atoms with Gasteiger partial charge in [0.05, 0.1) is 0 Å². The van der Waals surface area contributed by atoms with Crippen molar-refractivity contribution in [3.8, 4) is 0 Å². The smallest absolute Gasteiger partial charge is 0.480 e. The number of hydrogen-bond acceptors (Lipinski definition) is 8. The maximum absolute atomic E-state index is 12.6. The van der Waals surface area contributed by atoms with E-state index in [2.05, 4.69) is 4.72 Å². The van der Waals surface area contributed by atoms with E-state index in [9.17, 15) is 31.5 Å². The SMILES string of the molecule is CC(NS(=O)(=O)N1C[C@H](CCCB(O)O)[C@](N)(C(=O)O)C1)C1(N)CC1.O=C(O)C(F)(F)F. The molecule has 0 radical (unpaired) electrons. The first-order valence-corrected chi connectivity index (χ1v) is 11.0. The van der Waals surface area contributed by atoms with Gasteiger partial charge in [-0.3, -0.25) is 4.79 Å². The van der Waals surface area contributed by atoms with E-state index < -0.39 is 58.5 Å². The summed E-state index contributed by atoms with van der Waals surface area (Å²) in [6.45, 7) is 1.31. The van der Waals surface area contributed by atoms with Crippen molar-refractivity contribution >= 4 is 29.3 Å². The minimum Gasteiger partial charge on any atom is -0.480 e. The third-order valence-corrected chi connectivity index (χ3v) is 7.21. The molecule has 1 aliphatic carbocycles. The van der Waals surface area contributed by atoms with Crippen LogP contribution in [0, 0.1) is 5.92 Å². The van der Waals surface area contributed by atoms with Crippen LogP contribution in [0.15, 0.2) is 0 Å². The second kappa shape index (κ2) is 10.2. The predicted octanol–water partition coefficient (Wildman–Crippen LogP) is -1.70. The molecule has 0 aromatic rings. The van der Waals surface area contributed by atoms with Gasteiger partial charge in [-0.1, -0.05) is 6.42 Å². The fourth-order valence-corrected chi connectivity index (χ4v) is 4.80. The lowest BCUT2D eigenvalue weighted by atomic mass is 9.78. The molecule has 186 valence electrons. The average molecular weight is 492 g/mol. The van der Waals surface area contributed by atoms with Gasteiger partial charge in [0.15, 0.2) is 0 Å². The van der Waals surface area contributed by atoms with Gasteiger partial charge in [-0.05, 0) is 32.5 Å². The van der Waals surface area contributed by atoms with Crippen molar-refractivity contribution in [3.05, 3.63) is 0 Å². The Bertz CT molecular complexity index is 796. The topological polar surface area (TPSA) is 217 Å². The number of nitrogens with one attached hydrogen (secondary N) is 1. The van der Waals surface area contributed by atoms with Crippen LogP contribution >= 0.6 is 0 Å². The first-order valence-electron chi connectivity index (χ1n) is 9.60. The number of nitrogens with two attached hydrogens (primary N) is 2. The zero-order valence-electron chi connectivity index (χ0n) is 17.2. The molecule has 1 saturated carbocycles. The molecule has 0 aromatic carbocycles. The number of halogens is 3. The van der Waals surface area contributed by atoms with Crippen LogP contribution in [-0.4, -0.2) is 88.4 Å².